The van der Waals surface area contributed by atoms with E-state index in [1.54, 1.807) is 6.07 Å². The van der Waals surface area contributed by atoms with Crippen LogP contribution in [0.2, 0.25) is 5.02 Å². The average Bonchev–Trinajstić information content (AvgIpc) is 2.81. The number of ether oxygens (including phenoxy) is 2. The highest BCUT2D eigenvalue weighted by molar-refractivity contribution is 6.32. The van der Waals surface area contributed by atoms with Gasteiger partial charge in [-0.1, -0.05) is 42.8 Å². The summed E-state index contributed by atoms with van der Waals surface area (Å²) < 4.78 is 30.4. The van der Waals surface area contributed by atoms with Gasteiger partial charge in [-0.25, -0.2) is 9.18 Å². The Labute approximate surface area is 193 Å². The molecular weight excluding hydrogens is 447 g/mol. The largest absolute Gasteiger partial charge is 0.460 e. The number of esters is 1. The minimum absolute atomic E-state index is 0.0536. The molecule has 3 aromatic carbocycles. The predicted molar refractivity (Wildman–Crippen MR) is 124 cm³/mol. The first-order valence-corrected chi connectivity index (χ1v) is 10.5. The van der Waals surface area contributed by atoms with Crippen molar-refractivity contribution in [1.82, 2.24) is 0 Å². The fourth-order valence-corrected chi connectivity index (χ4v) is 3.44. The van der Waals surface area contributed by atoms with E-state index in [1.165, 1.54) is 48.7 Å². The van der Waals surface area contributed by atoms with E-state index < -0.39 is 11.8 Å². The lowest BCUT2D eigenvalue weighted by atomic mass is 10.1. The van der Waals surface area contributed by atoms with Crippen molar-refractivity contribution < 1.29 is 23.1 Å². The molecule has 0 saturated carbocycles. The molecular formula is C26H18ClFO5. The van der Waals surface area contributed by atoms with Crippen molar-refractivity contribution in [2.24, 2.45) is 0 Å². The number of carbonyl (C=O) groups is 1. The number of hydrogen-bond acceptors (Lipinski definition) is 5. The molecule has 0 spiro atoms. The van der Waals surface area contributed by atoms with Crippen LogP contribution in [-0.2, 0) is 11.2 Å². The first-order chi connectivity index (χ1) is 16.0. The Balaban J connectivity index is 1.54. The third-order valence-electron chi connectivity index (χ3n) is 4.89. The van der Waals surface area contributed by atoms with E-state index in [2.05, 4.69) is 0 Å². The summed E-state index contributed by atoms with van der Waals surface area (Å²) in [5.41, 5.74) is 0.915. The Morgan fingerprint density at radius 1 is 1.09 bits per heavy atom. The van der Waals surface area contributed by atoms with E-state index >= 15 is 0 Å². The van der Waals surface area contributed by atoms with Crippen molar-refractivity contribution in [2.45, 2.75) is 13.3 Å². The summed E-state index contributed by atoms with van der Waals surface area (Å²) in [4.78, 5) is 25.0. The van der Waals surface area contributed by atoms with E-state index in [1.807, 2.05) is 25.1 Å². The van der Waals surface area contributed by atoms with Gasteiger partial charge in [0.05, 0.1) is 10.4 Å². The number of para-hydroxylation sites is 1. The van der Waals surface area contributed by atoms with Crippen molar-refractivity contribution in [3.8, 4) is 17.2 Å². The topological polar surface area (TPSA) is 65.7 Å². The van der Waals surface area contributed by atoms with Gasteiger partial charge < -0.3 is 13.9 Å². The molecule has 166 valence electrons. The van der Waals surface area contributed by atoms with Gasteiger partial charge in [0, 0.05) is 17.7 Å². The summed E-state index contributed by atoms with van der Waals surface area (Å²) in [6.07, 6.45) is 4.27. The van der Waals surface area contributed by atoms with Crippen LogP contribution in [-0.4, -0.2) is 5.97 Å². The quantitative estimate of drug-likeness (QED) is 0.184. The molecule has 0 N–H and O–H groups in total. The monoisotopic (exact) mass is 464 g/mol. The zero-order chi connectivity index (χ0) is 23.4. The summed E-state index contributed by atoms with van der Waals surface area (Å²) >= 11 is 5.94. The molecule has 0 aliphatic carbocycles. The van der Waals surface area contributed by atoms with Crippen LogP contribution in [0.5, 0.6) is 17.2 Å². The molecule has 0 aliphatic rings. The fourth-order valence-electron chi connectivity index (χ4n) is 3.21. The maximum atomic E-state index is 13.8. The zero-order valence-corrected chi connectivity index (χ0v) is 18.3. The van der Waals surface area contributed by atoms with Crippen molar-refractivity contribution in [2.75, 3.05) is 0 Å². The van der Waals surface area contributed by atoms with Crippen molar-refractivity contribution in [1.29, 1.82) is 0 Å². The first kappa shape index (κ1) is 22.3. The first-order valence-electron chi connectivity index (χ1n) is 10.1. The molecule has 0 unspecified atom stereocenters. The van der Waals surface area contributed by atoms with E-state index in [-0.39, 0.29) is 38.5 Å². The second-order valence-electron chi connectivity index (χ2n) is 7.04. The summed E-state index contributed by atoms with van der Waals surface area (Å²) in [5.74, 6) is -0.507. The lowest BCUT2D eigenvalue weighted by Gasteiger charge is -2.09. The molecule has 0 aliphatic heterocycles. The smallest absolute Gasteiger partial charge is 0.336 e. The lowest BCUT2D eigenvalue weighted by Crippen LogP contribution is -2.07. The number of benzene rings is 3. The highest BCUT2D eigenvalue weighted by atomic mass is 35.5. The summed E-state index contributed by atoms with van der Waals surface area (Å²) in [5, 5.41) is 0.445. The van der Waals surface area contributed by atoms with Crippen LogP contribution in [0.3, 0.4) is 0 Å². The third kappa shape index (κ3) is 4.96. The molecule has 0 saturated heterocycles. The number of carbonyl (C=O) groups excluding carboxylic acids is 1. The molecule has 0 atom stereocenters. The van der Waals surface area contributed by atoms with E-state index in [0.717, 1.165) is 18.1 Å². The van der Waals surface area contributed by atoms with Gasteiger partial charge >= 0.3 is 5.97 Å². The van der Waals surface area contributed by atoms with Gasteiger partial charge in [-0.05, 0) is 48.4 Å². The van der Waals surface area contributed by atoms with Crippen molar-refractivity contribution in [3.63, 3.8) is 0 Å². The summed E-state index contributed by atoms with van der Waals surface area (Å²) in [7, 11) is 0. The van der Waals surface area contributed by atoms with Crippen LogP contribution in [0.4, 0.5) is 4.39 Å². The lowest BCUT2D eigenvalue weighted by molar-refractivity contribution is -0.128. The van der Waals surface area contributed by atoms with E-state index in [0.29, 0.717) is 5.75 Å². The predicted octanol–water partition coefficient (Wildman–Crippen LogP) is 6.56. The molecule has 0 bridgehead atoms. The molecule has 7 heteroatoms. The molecule has 4 aromatic rings. The Bertz CT molecular complexity index is 1400. The number of halogens is 2. The van der Waals surface area contributed by atoms with Crippen LogP contribution < -0.4 is 14.9 Å². The normalized spacial score (nSPS) is 11.1. The van der Waals surface area contributed by atoms with Gasteiger partial charge in [-0.2, -0.15) is 0 Å². The summed E-state index contributed by atoms with van der Waals surface area (Å²) in [6.45, 7) is 1.99. The Kier molecular flexibility index (Phi) is 6.56. The second-order valence-corrected chi connectivity index (χ2v) is 7.45. The average molecular weight is 465 g/mol. The highest BCUT2D eigenvalue weighted by Crippen LogP contribution is 2.27. The van der Waals surface area contributed by atoms with Crippen molar-refractivity contribution >= 4 is 34.6 Å². The number of fused-ring (bicyclic) bond motifs is 1. The molecule has 33 heavy (non-hydrogen) atoms. The van der Waals surface area contributed by atoms with Crippen LogP contribution in [0.1, 0.15) is 18.1 Å². The van der Waals surface area contributed by atoms with E-state index in [4.69, 9.17) is 25.5 Å². The van der Waals surface area contributed by atoms with Gasteiger partial charge in [-0.3, -0.25) is 4.79 Å². The van der Waals surface area contributed by atoms with Gasteiger partial charge in [0.2, 0.25) is 11.2 Å². The molecule has 1 heterocycles. The summed E-state index contributed by atoms with van der Waals surface area (Å²) in [6, 6.07) is 16.0. The zero-order valence-electron chi connectivity index (χ0n) is 17.5. The number of rotatable bonds is 6. The van der Waals surface area contributed by atoms with Crippen LogP contribution in [0.15, 0.2) is 82.2 Å². The highest BCUT2D eigenvalue weighted by Gasteiger charge is 2.13. The SMILES string of the molecule is CCc1ccccc1Oc1coc2cc(OC(=O)/C=C/c3c(F)cccc3Cl)ccc2c1=O. The Morgan fingerprint density at radius 3 is 2.70 bits per heavy atom. The molecule has 0 amide bonds. The van der Waals surface area contributed by atoms with Gasteiger partial charge in [0.1, 0.15) is 29.2 Å². The third-order valence-corrected chi connectivity index (χ3v) is 5.22. The maximum Gasteiger partial charge on any atom is 0.336 e. The van der Waals surface area contributed by atoms with Crippen LogP contribution >= 0.6 is 11.6 Å². The van der Waals surface area contributed by atoms with Crippen LogP contribution in [0.25, 0.3) is 17.0 Å². The van der Waals surface area contributed by atoms with E-state index in [9.17, 15) is 14.0 Å². The molecule has 1 aromatic heterocycles. The number of hydrogen-bond donors (Lipinski definition) is 0. The van der Waals surface area contributed by atoms with Crippen molar-refractivity contribution in [3.05, 3.63) is 105 Å². The second kappa shape index (κ2) is 9.71. The molecule has 5 nitrogen and oxygen atoms in total. The van der Waals surface area contributed by atoms with Gasteiger partial charge in [0.15, 0.2) is 0 Å². The Hall–Kier alpha value is -3.90. The van der Waals surface area contributed by atoms with Gasteiger partial charge in [-0.15, -0.1) is 0 Å². The standard InChI is InChI=1S/C26H18ClFO5/c1-2-16-6-3-4-9-22(16)33-24-15-31-23-14-17(10-11-19(23)26(24)30)32-25(29)13-12-18-20(27)7-5-8-21(18)28/h3-15H,2H2,1H3/b13-12+. The van der Waals surface area contributed by atoms with Crippen LogP contribution in [0, 0.1) is 5.82 Å². The maximum absolute atomic E-state index is 13.8. The Morgan fingerprint density at radius 2 is 1.91 bits per heavy atom. The number of aryl methyl sites for hydroxylation is 1. The van der Waals surface area contributed by atoms with Gasteiger partial charge in [0.25, 0.3) is 0 Å². The molecule has 0 radical (unpaired) electrons. The minimum Gasteiger partial charge on any atom is -0.460 e. The minimum atomic E-state index is -0.743. The molecule has 0 fully saturated rings. The fraction of sp³-hybridized carbons (Fsp3) is 0.0769. The molecule has 4 rings (SSSR count).